The van der Waals surface area contributed by atoms with E-state index in [1.807, 2.05) is 0 Å². The number of aliphatic hydroxyl groups is 2. The minimum atomic E-state index is -2.25. The largest absolute Gasteiger partial charge is 0.464 e. The highest BCUT2D eigenvalue weighted by Crippen LogP contribution is 2.44. The van der Waals surface area contributed by atoms with Crippen LogP contribution in [0.4, 0.5) is 0 Å². The van der Waals surface area contributed by atoms with Crippen molar-refractivity contribution in [3.63, 3.8) is 0 Å². The summed E-state index contributed by atoms with van der Waals surface area (Å²) in [4.78, 5) is 24.8. The molecule has 2 aliphatic rings. The van der Waals surface area contributed by atoms with Crippen molar-refractivity contribution in [3.8, 4) is 0 Å². The van der Waals surface area contributed by atoms with Crippen LogP contribution in [0.1, 0.15) is 40.5 Å². The average Bonchev–Trinajstić information content (AvgIpc) is 2.92. The van der Waals surface area contributed by atoms with Crippen LogP contribution in [0.2, 0.25) is 0 Å². The minimum Gasteiger partial charge on any atom is -0.464 e. The summed E-state index contributed by atoms with van der Waals surface area (Å²) in [6, 6.07) is -1.60. The number of ether oxygens (including phenoxy) is 4. The van der Waals surface area contributed by atoms with Gasteiger partial charge in [-0.1, -0.05) is 0 Å². The smallest absolute Gasteiger partial charge is 0.339 e. The van der Waals surface area contributed by atoms with Crippen molar-refractivity contribution in [2.24, 2.45) is 11.7 Å². The van der Waals surface area contributed by atoms with Gasteiger partial charge in [0.2, 0.25) is 0 Å². The van der Waals surface area contributed by atoms with Gasteiger partial charge in [-0.3, -0.25) is 0 Å². The van der Waals surface area contributed by atoms with E-state index in [0.29, 0.717) is 0 Å². The molecule has 0 spiro atoms. The molecule has 3 unspecified atom stereocenters. The summed E-state index contributed by atoms with van der Waals surface area (Å²) in [5.74, 6) is -3.38. The molecule has 150 valence electrons. The first-order valence-electron chi connectivity index (χ1n) is 8.86. The Morgan fingerprint density at radius 3 is 1.88 bits per heavy atom. The fourth-order valence-corrected chi connectivity index (χ4v) is 3.66. The van der Waals surface area contributed by atoms with Crippen molar-refractivity contribution < 1.29 is 38.7 Å². The predicted octanol–water partition coefficient (Wildman–Crippen LogP) is -0.536. The number of hydrogen-bond acceptors (Lipinski definition) is 9. The Labute approximate surface area is 152 Å². The van der Waals surface area contributed by atoms with E-state index in [2.05, 4.69) is 0 Å². The third-order valence-corrected chi connectivity index (χ3v) is 4.99. The molecule has 0 amide bonds. The summed E-state index contributed by atoms with van der Waals surface area (Å²) in [5, 5.41) is 22.0. The molecule has 1 saturated heterocycles. The molecule has 3 atom stereocenters. The number of carbonyl (C=O) groups is 2. The number of nitrogens with two attached hydrogens (primary N) is 1. The SMILES string of the molecule is CCOC(=O)C1(O)CC(C2COC(C)(C)O2)CC(O)(C(=O)OCC)C1N. The summed E-state index contributed by atoms with van der Waals surface area (Å²) in [6.45, 7) is 6.87. The molecule has 0 bridgehead atoms. The van der Waals surface area contributed by atoms with Crippen LogP contribution in [-0.2, 0) is 28.5 Å². The molecule has 1 saturated carbocycles. The first kappa shape index (κ1) is 21.0. The van der Waals surface area contributed by atoms with E-state index < -0.39 is 47.0 Å². The Hall–Kier alpha value is -1.26. The zero-order valence-corrected chi connectivity index (χ0v) is 15.7. The molecule has 2 fully saturated rings. The molecule has 26 heavy (non-hydrogen) atoms. The number of esters is 2. The van der Waals surface area contributed by atoms with Gasteiger partial charge in [0.1, 0.15) is 0 Å². The van der Waals surface area contributed by atoms with E-state index in [0.717, 1.165) is 0 Å². The van der Waals surface area contributed by atoms with Gasteiger partial charge in [0.25, 0.3) is 0 Å². The third kappa shape index (κ3) is 3.72. The maximum absolute atomic E-state index is 12.4. The third-order valence-electron chi connectivity index (χ3n) is 4.99. The molecule has 9 nitrogen and oxygen atoms in total. The van der Waals surface area contributed by atoms with Crippen molar-refractivity contribution in [1.82, 2.24) is 0 Å². The Balaban J connectivity index is 2.37. The quantitative estimate of drug-likeness (QED) is 0.541. The van der Waals surface area contributed by atoms with Crippen molar-refractivity contribution in [2.45, 2.75) is 69.7 Å². The maximum atomic E-state index is 12.4. The van der Waals surface area contributed by atoms with Crippen LogP contribution >= 0.6 is 0 Å². The molecule has 1 aliphatic heterocycles. The lowest BCUT2D eigenvalue weighted by atomic mass is 9.65. The lowest BCUT2D eigenvalue weighted by Gasteiger charge is -2.48. The lowest BCUT2D eigenvalue weighted by Crippen LogP contribution is -2.72. The normalized spacial score (nSPS) is 39.4. The van der Waals surface area contributed by atoms with Gasteiger partial charge in [-0.25, -0.2) is 9.59 Å². The summed E-state index contributed by atoms with van der Waals surface area (Å²) in [7, 11) is 0. The second kappa shape index (κ2) is 7.40. The van der Waals surface area contributed by atoms with Gasteiger partial charge in [0.15, 0.2) is 17.0 Å². The molecule has 2 rings (SSSR count). The Morgan fingerprint density at radius 2 is 1.54 bits per heavy atom. The van der Waals surface area contributed by atoms with Gasteiger partial charge in [-0.15, -0.1) is 0 Å². The second-order valence-corrected chi connectivity index (χ2v) is 7.30. The van der Waals surface area contributed by atoms with Crippen LogP contribution in [-0.4, -0.2) is 71.1 Å². The summed E-state index contributed by atoms with van der Waals surface area (Å²) in [5.41, 5.74) is 1.49. The van der Waals surface area contributed by atoms with Gasteiger partial charge >= 0.3 is 11.9 Å². The van der Waals surface area contributed by atoms with Crippen molar-refractivity contribution >= 4 is 11.9 Å². The molecular weight excluding hydrogens is 346 g/mol. The molecule has 1 heterocycles. The second-order valence-electron chi connectivity index (χ2n) is 7.30. The van der Waals surface area contributed by atoms with Crippen LogP contribution in [0.5, 0.6) is 0 Å². The standard InChI is InChI=1S/C17H29NO8/c1-5-23-13(19)16(21)7-10(11-9-25-15(3,4)26-11)8-17(22,12(16)18)14(20)24-6-2/h10-12,21-22H,5-9,18H2,1-4H3. The topological polar surface area (TPSA) is 138 Å². The van der Waals surface area contributed by atoms with Crippen LogP contribution in [0.25, 0.3) is 0 Å². The monoisotopic (exact) mass is 375 g/mol. The fraction of sp³-hybridized carbons (Fsp3) is 0.882. The molecule has 0 aromatic heterocycles. The summed E-state index contributed by atoms with van der Waals surface area (Å²) in [6.07, 6.45) is -0.781. The summed E-state index contributed by atoms with van der Waals surface area (Å²) >= 11 is 0. The zero-order chi connectivity index (χ0) is 19.8. The average molecular weight is 375 g/mol. The van der Waals surface area contributed by atoms with Crippen LogP contribution in [0.3, 0.4) is 0 Å². The van der Waals surface area contributed by atoms with Crippen molar-refractivity contribution in [1.29, 1.82) is 0 Å². The molecule has 1 aliphatic carbocycles. The fourth-order valence-electron chi connectivity index (χ4n) is 3.66. The van der Waals surface area contributed by atoms with E-state index in [4.69, 9.17) is 24.7 Å². The number of hydrogen-bond donors (Lipinski definition) is 3. The molecule has 0 aromatic carbocycles. The van der Waals surface area contributed by atoms with E-state index >= 15 is 0 Å². The Bertz CT molecular complexity index is 519. The summed E-state index contributed by atoms with van der Waals surface area (Å²) < 4.78 is 21.2. The zero-order valence-electron chi connectivity index (χ0n) is 15.7. The molecular formula is C17H29NO8. The van der Waals surface area contributed by atoms with Gasteiger partial charge in [-0.05, 0) is 46.5 Å². The maximum Gasteiger partial charge on any atom is 0.339 e. The first-order valence-corrected chi connectivity index (χ1v) is 8.86. The van der Waals surface area contributed by atoms with Crippen LogP contribution in [0.15, 0.2) is 0 Å². The highest BCUT2D eigenvalue weighted by Gasteiger charge is 2.64. The number of carbonyl (C=O) groups excluding carboxylic acids is 2. The lowest BCUT2D eigenvalue weighted by molar-refractivity contribution is -0.209. The van der Waals surface area contributed by atoms with Crippen molar-refractivity contribution in [3.05, 3.63) is 0 Å². The van der Waals surface area contributed by atoms with Crippen LogP contribution < -0.4 is 5.73 Å². The highest BCUT2D eigenvalue weighted by atomic mass is 16.7. The molecule has 0 aromatic rings. The van der Waals surface area contributed by atoms with Crippen molar-refractivity contribution in [2.75, 3.05) is 19.8 Å². The Morgan fingerprint density at radius 1 is 1.08 bits per heavy atom. The number of rotatable bonds is 5. The van der Waals surface area contributed by atoms with Gasteiger partial charge in [0, 0.05) is 0 Å². The van der Waals surface area contributed by atoms with E-state index in [1.54, 1.807) is 27.7 Å². The molecule has 0 radical (unpaired) electrons. The predicted molar refractivity (Wildman–Crippen MR) is 88.8 cm³/mol. The molecule has 9 heteroatoms. The van der Waals surface area contributed by atoms with Gasteiger partial charge in [0.05, 0.1) is 32.0 Å². The van der Waals surface area contributed by atoms with E-state index in [9.17, 15) is 19.8 Å². The first-order chi connectivity index (χ1) is 12.0. The Kier molecular flexibility index (Phi) is 5.99. The van der Waals surface area contributed by atoms with Gasteiger partial charge < -0.3 is 34.9 Å². The van der Waals surface area contributed by atoms with Crippen LogP contribution in [0, 0.1) is 5.92 Å². The van der Waals surface area contributed by atoms with E-state index in [1.165, 1.54) is 0 Å². The van der Waals surface area contributed by atoms with E-state index in [-0.39, 0.29) is 32.7 Å². The minimum absolute atomic E-state index is 0.0203. The van der Waals surface area contributed by atoms with Gasteiger partial charge in [-0.2, -0.15) is 0 Å². The molecule has 4 N–H and O–H groups in total. The highest BCUT2D eigenvalue weighted by molar-refractivity contribution is 5.86.